The van der Waals surface area contributed by atoms with Gasteiger partial charge in [0.15, 0.2) is 0 Å². The molecule has 20 heavy (non-hydrogen) atoms. The Kier molecular flexibility index (Phi) is 5.52. The Bertz CT molecular complexity index is 595. The zero-order chi connectivity index (χ0) is 15.3. The second-order valence-corrected chi connectivity index (χ2v) is 6.18. The van der Waals surface area contributed by atoms with E-state index in [2.05, 4.69) is 0 Å². The lowest BCUT2D eigenvalue weighted by Gasteiger charge is -2.14. The number of primary sulfonamides is 1. The summed E-state index contributed by atoms with van der Waals surface area (Å²) in [6.45, 7) is 3.77. The van der Waals surface area contributed by atoms with Crippen LogP contribution in [0.1, 0.15) is 30.4 Å². The molecule has 7 heteroatoms. The van der Waals surface area contributed by atoms with Gasteiger partial charge in [-0.25, -0.2) is 13.6 Å². The van der Waals surface area contributed by atoms with Crippen LogP contribution in [0, 0.1) is 13.8 Å². The summed E-state index contributed by atoms with van der Waals surface area (Å²) in [7, 11) is -3.85. The van der Waals surface area contributed by atoms with Gasteiger partial charge in [0, 0.05) is 6.42 Å². The summed E-state index contributed by atoms with van der Waals surface area (Å²) in [5.41, 5.74) is 1.47. The largest absolute Gasteiger partial charge is 0.492 e. The van der Waals surface area contributed by atoms with E-state index < -0.39 is 16.0 Å². The molecule has 0 unspecified atom stereocenters. The van der Waals surface area contributed by atoms with E-state index in [1.54, 1.807) is 19.9 Å². The Labute approximate surface area is 118 Å². The third kappa shape index (κ3) is 4.82. The lowest BCUT2D eigenvalue weighted by molar-refractivity contribution is -0.137. The molecule has 0 atom stereocenters. The van der Waals surface area contributed by atoms with E-state index >= 15 is 0 Å². The molecule has 0 aliphatic rings. The normalized spacial score (nSPS) is 11.3. The lowest BCUT2D eigenvalue weighted by atomic mass is 10.1. The van der Waals surface area contributed by atoms with Gasteiger partial charge in [0.25, 0.3) is 0 Å². The Balaban J connectivity index is 2.81. The molecule has 1 aromatic rings. The van der Waals surface area contributed by atoms with Crippen molar-refractivity contribution in [2.45, 2.75) is 38.0 Å². The molecule has 0 bridgehead atoms. The molecule has 3 N–H and O–H groups in total. The molecular weight excluding hydrogens is 282 g/mol. The van der Waals surface area contributed by atoms with Crippen LogP contribution in [0.15, 0.2) is 17.0 Å². The van der Waals surface area contributed by atoms with Crippen LogP contribution in [0.25, 0.3) is 0 Å². The molecule has 0 aliphatic carbocycles. The van der Waals surface area contributed by atoms with Gasteiger partial charge in [-0.15, -0.1) is 0 Å². The molecule has 0 spiro atoms. The first kappa shape index (κ1) is 16.5. The number of rotatable bonds is 7. The number of hydrogen-bond acceptors (Lipinski definition) is 4. The summed E-state index contributed by atoms with van der Waals surface area (Å²) < 4.78 is 28.6. The average molecular weight is 301 g/mol. The van der Waals surface area contributed by atoms with Crippen molar-refractivity contribution in [3.8, 4) is 5.75 Å². The van der Waals surface area contributed by atoms with Gasteiger partial charge in [0.1, 0.15) is 10.6 Å². The molecule has 0 saturated carbocycles. The van der Waals surface area contributed by atoms with E-state index in [4.69, 9.17) is 15.0 Å². The Morgan fingerprint density at radius 1 is 1.30 bits per heavy atom. The number of aryl methyl sites for hydroxylation is 2. The van der Waals surface area contributed by atoms with E-state index in [0.29, 0.717) is 18.4 Å². The summed E-state index contributed by atoms with van der Waals surface area (Å²) in [5, 5.41) is 13.7. The molecule has 0 fully saturated rings. The average Bonchev–Trinajstić information content (AvgIpc) is 2.28. The van der Waals surface area contributed by atoms with Gasteiger partial charge in [-0.2, -0.15) is 0 Å². The number of hydrogen-bond donors (Lipinski definition) is 2. The summed E-state index contributed by atoms with van der Waals surface area (Å²) in [6, 6.07) is 3.27. The summed E-state index contributed by atoms with van der Waals surface area (Å²) in [5.74, 6) is -0.616. The Morgan fingerprint density at radius 2 is 1.95 bits per heavy atom. The van der Waals surface area contributed by atoms with Crippen molar-refractivity contribution in [2.75, 3.05) is 6.61 Å². The molecule has 6 nitrogen and oxygen atoms in total. The number of aliphatic carboxylic acids is 1. The molecule has 0 radical (unpaired) electrons. The molecule has 1 aromatic carbocycles. The maximum Gasteiger partial charge on any atom is 0.303 e. The summed E-state index contributed by atoms with van der Waals surface area (Å²) >= 11 is 0. The van der Waals surface area contributed by atoms with E-state index in [0.717, 1.165) is 5.56 Å². The minimum atomic E-state index is -3.85. The van der Waals surface area contributed by atoms with Gasteiger partial charge in [0.05, 0.1) is 6.61 Å². The van der Waals surface area contributed by atoms with Gasteiger partial charge in [0.2, 0.25) is 10.0 Å². The Hall–Kier alpha value is -1.60. The smallest absolute Gasteiger partial charge is 0.303 e. The number of carboxylic acids is 1. The van der Waals surface area contributed by atoms with E-state index in [9.17, 15) is 13.2 Å². The van der Waals surface area contributed by atoms with E-state index in [1.807, 2.05) is 0 Å². The number of carbonyl (C=O) groups is 1. The van der Waals surface area contributed by atoms with Crippen molar-refractivity contribution in [3.05, 3.63) is 23.3 Å². The van der Waals surface area contributed by atoms with Crippen LogP contribution < -0.4 is 9.88 Å². The Morgan fingerprint density at radius 3 is 2.50 bits per heavy atom. The highest BCUT2D eigenvalue weighted by atomic mass is 32.2. The monoisotopic (exact) mass is 301 g/mol. The predicted octanol–water partition coefficient (Wildman–Crippen LogP) is 1.58. The van der Waals surface area contributed by atoms with Crippen molar-refractivity contribution < 1.29 is 23.1 Å². The topological polar surface area (TPSA) is 107 Å². The minimum absolute atomic E-state index is 0.0340. The lowest BCUT2D eigenvalue weighted by Crippen LogP contribution is -2.15. The number of unbranched alkanes of at least 4 members (excludes halogenated alkanes) is 1. The zero-order valence-corrected chi connectivity index (χ0v) is 12.4. The van der Waals surface area contributed by atoms with Crippen molar-refractivity contribution in [1.82, 2.24) is 0 Å². The van der Waals surface area contributed by atoms with Crippen molar-refractivity contribution in [1.29, 1.82) is 0 Å². The van der Waals surface area contributed by atoms with E-state index in [-0.39, 0.29) is 23.7 Å². The number of benzene rings is 1. The van der Waals surface area contributed by atoms with Crippen LogP contribution in [-0.2, 0) is 14.8 Å². The minimum Gasteiger partial charge on any atom is -0.492 e. The van der Waals surface area contributed by atoms with Crippen LogP contribution in [0.5, 0.6) is 5.75 Å². The van der Waals surface area contributed by atoms with Crippen LogP contribution in [0.3, 0.4) is 0 Å². The van der Waals surface area contributed by atoms with Crippen LogP contribution in [0.2, 0.25) is 0 Å². The molecule has 0 aromatic heterocycles. The highest BCUT2D eigenvalue weighted by Gasteiger charge is 2.18. The third-order valence-electron chi connectivity index (χ3n) is 2.72. The first-order valence-corrected chi connectivity index (χ1v) is 7.75. The molecule has 112 valence electrons. The van der Waals surface area contributed by atoms with Crippen LogP contribution in [-0.4, -0.2) is 26.1 Å². The van der Waals surface area contributed by atoms with E-state index in [1.165, 1.54) is 6.07 Å². The van der Waals surface area contributed by atoms with Crippen LogP contribution in [0.4, 0.5) is 0 Å². The standard InChI is InChI=1S/C13H19NO5S/c1-9-7-10(2)13(11(8-9)20(14,17)18)19-6-4-3-5-12(15)16/h7-8H,3-6H2,1-2H3,(H,15,16)(H2,14,17,18). The second-order valence-electron chi connectivity index (χ2n) is 4.65. The number of ether oxygens (including phenoxy) is 1. The molecule has 0 aliphatic heterocycles. The number of nitrogens with two attached hydrogens (primary N) is 1. The van der Waals surface area contributed by atoms with Crippen LogP contribution >= 0.6 is 0 Å². The van der Waals surface area contributed by atoms with Gasteiger partial charge >= 0.3 is 5.97 Å². The quantitative estimate of drug-likeness (QED) is 0.744. The maximum atomic E-state index is 11.6. The van der Waals surface area contributed by atoms with Crippen molar-refractivity contribution in [2.24, 2.45) is 5.14 Å². The first-order chi connectivity index (χ1) is 9.21. The van der Waals surface area contributed by atoms with Gasteiger partial charge in [-0.1, -0.05) is 6.07 Å². The predicted molar refractivity (Wildman–Crippen MR) is 74.3 cm³/mol. The molecule has 0 heterocycles. The number of carboxylic acid groups (broad SMARTS) is 1. The first-order valence-electron chi connectivity index (χ1n) is 6.20. The summed E-state index contributed by atoms with van der Waals surface area (Å²) in [6.07, 6.45) is 1.08. The summed E-state index contributed by atoms with van der Waals surface area (Å²) in [4.78, 5) is 10.3. The molecule has 0 amide bonds. The highest BCUT2D eigenvalue weighted by molar-refractivity contribution is 7.89. The fraction of sp³-hybridized carbons (Fsp3) is 0.462. The molecular formula is C13H19NO5S. The maximum absolute atomic E-state index is 11.6. The van der Waals surface area contributed by atoms with Gasteiger partial charge in [-0.3, -0.25) is 4.79 Å². The van der Waals surface area contributed by atoms with Crippen molar-refractivity contribution in [3.63, 3.8) is 0 Å². The number of sulfonamides is 1. The second kappa shape index (κ2) is 6.71. The van der Waals surface area contributed by atoms with Crippen molar-refractivity contribution >= 4 is 16.0 Å². The third-order valence-corrected chi connectivity index (χ3v) is 3.64. The van der Waals surface area contributed by atoms with Gasteiger partial charge in [-0.05, 0) is 43.9 Å². The SMILES string of the molecule is Cc1cc(C)c(OCCCCC(=O)O)c(S(N)(=O)=O)c1. The fourth-order valence-corrected chi connectivity index (χ4v) is 2.69. The van der Waals surface area contributed by atoms with Gasteiger partial charge < -0.3 is 9.84 Å². The molecule has 0 saturated heterocycles. The zero-order valence-electron chi connectivity index (χ0n) is 11.5. The highest BCUT2D eigenvalue weighted by Crippen LogP contribution is 2.28. The fourth-order valence-electron chi connectivity index (χ4n) is 1.86. The molecule has 1 rings (SSSR count).